The van der Waals surface area contributed by atoms with Gasteiger partial charge in [0.25, 0.3) is 0 Å². The fourth-order valence-corrected chi connectivity index (χ4v) is 2.19. The molecule has 0 atom stereocenters. The lowest BCUT2D eigenvalue weighted by atomic mass is 10.4. The van der Waals surface area contributed by atoms with E-state index < -0.39 is 0 Å². The van der Waals surface area contributed by atoms with Crippen LogP contribution in [0.1, 0.15) is 59.8 Å². The van der Waals surface area contributed by atoms with E-state index >= 15 is 0 Å². The van der Waals surface area contributed by atoms with Gasteiger partial charge < -0.3 is 0 Å². The molecule has 0 spiro atoms. The van der Waals surface area contributed by atoms with E-state index in [-0.39, 0.29) is 0 Å². The maximum absolute atomic E-state index is 2.27. The van der Waals surface area contributed by atoms with Crippen LogP contribution in [0, 0.1) is 0 Å². The minimum Gasteiger partial charge on any atom is -0.122 e. The molecule has 0 aromatic rings. The molecule has 0 aromatic heterocycles. The maximum atomic E-state index is 2.27. The first-order chi connectivity index (χ1) is 5.83. The summed E-state index contributed by atoms with van der Waals surface area (Å²) in [6.45, 7) is 8.79. The Morgan fingerprint density at radius 1 is 0.750 bits per heavy atom. The average Bonchev–Trinajstić information content (AvgIpc) is 2.06. The van der Waals surface area contributed by atoms with Gasteiger partial charge in [0.05, 0.1) is 0 Å². The normalized spacial score (nSPS) is 9.00. The van der Waals surface area contributed by atoms with E-state index in [1.165, 1.54) is 53.0 Å². The standard InChI is InChI=1S/C8H19P.C3H8/c1-3-5-7-9-8-6-4-2;1-3-2/h9H,3-8H2,1-2H3;3H2,1-2H3. The summed E-state index contributed by atoms with van der Waals surface area (Å²) in [4.78, 5) is 0. The van der Waals surface area contributed by atoms with Crippen molar-refractivity contribution in [1.82, 2.24) is 0 Å². The molecular weight excluding hydrogens is 163 g/mol. The Kier molecular flexibility index (Phi) is 21.8. The molecule has 0 rings (SSSR count). The van der Waals surface area contributed by atoms with Crippen molar-refractivity contribution < 1.29 is 0 Å². The summed E-state index contributed by atoms with van der Waals surface area (Å²) in [6.07, 6.45) is 9.86. The molecule has 0 nitrogen and oxygen atoms in total. The molecule has 0 amide bonds. The quantitative estimate of drug-likeness (QED) is 0.421. The zero-order chi connectivity index (χ0) is 9.66. The molecule has 0 N–H and O–H groups in total. The van der Waals surface area contributed by atoms with Crippen LogP contribution in [0.5, 0.6) is 0 Å². The Balaban J connectivity index is 0. The summed E-state index contributed by atoms with van der Waals surface area (Å²) in [7, 11) is 1.25. The highest BCUT2D eigenvalue weighted by atomic mass is 31.1. The lowest BCUT2D eigenvalue weighted by Crippen LogP contribution is -1.78. The van der Waals surface area contributed by atoms with Crippen LogP contribution in [0.2, 0.25) is 0 Å². The monoisotopic (exact) mass is 190 g/mol. The van der Waals surface area contributed by atoms with Crippen molar-refractivity contribution in [3.63, 3.8) is 0 Å². The second-order valence-corrected chi connectivity index (χ2v) is 4.66. The first-order valence-electron chi connectivity index (χ1n) is 5.54. The highest BCUT2D eigenvalue weighted by Crippen LogP contribution is 2.14. The molecule has 1 heteroatoms. The highest BCUT2D eigenvalue weighted by molar-refractivity contribution is 7.37. The van der Waals surface area contributed by atoms with Gasteiger partial charge in [-0.15, -0.1) is 8.58 Å². The van der Waals surface area contributed by atoms with E-state index in [4.69, 9.17) is 0 Å². The number of hydrogen-bond donors (Lipinski definition) is 0. The first kappa shape index (κ1) is 14.9. The van der Waals surface area contributed by atoms with E-state index in [1.807, 2.05) is 0 Å². The largest absolute Gasteiger partial charge is 0.122 e. The fraction of sp³-hybridized carbons (Fsp3) is 1.00. The molecular formula is C11H27P. The molecule has 0 saturated carbocycles. The smallest absolute Gasteiger partial charge is 0.0354 e. The van der Waals surface area contributed by atoms with Crippen LogP contribution >= 0.6 is 8.58 Å². The fourth-order valence-electron chi connectivity index (χ4n) is 0.729. The lowest BCUT2D eigenvalue weighted by Gasteiger charge is -1.96. The van der Waals surface area contributed by atoms with Gasteiger partial charge in [-0.05, 0) is 25.2 Å². The van der Waals surface area contributed by atoms with Gasteiger partial charge in [-0.2, -0.15) is 0 Å². The summed E-state index contributed by atoms with van der Waals surface area (Å²) in [5, 5.41) is 0. The minimum absolute atomic E-state index is 1.25. The van der Waals surface area contributed by atoms with Crippen molar-refractivity contribution in [3.05, 3.63) is 0 Å². The van der Waals surface area contributed by atoms with Crippen molar-refractivity contribution in [2.45, 2.75) is 59.8 Å². The zero-order valence-corrected chi connectivity index (χ0v) is 10.4. The third-order valence-corrected chi connectivity index (χ3v) is 2.83. The van der Waals surface area contributed by atoms with Crippen LogP contribution in [0.15, 0.2) is 0 Å². The predicted molar refractivity (Wildman–Crippen MR) is 63.8 cm³/mol. The van der Waals surface area contributed by atoms with Gasteiger partial charge in [-0.25, -0.2) is 0 Å². The Hall–Kier alpha value is 0.430. The number of rotatable bonds is 6. The van der Waals surface area contributed by atoms with Crippen LogP contribution in [-0.4, -0.2) is 12.3 Å². The van der Waals surface area contributed by atoms with E-state index in [0.29, 0.717) is 0 Å². The highest BCUT2D eigenvalue weighted by Gasteiger charge is 1.85. The summed E-state index contributed by atoms with van der Waals surface area (Å²) in [5.41, 5.74) is 0. The Morgan fingerprint density at radius 3 is 1.33 bits per heavy atom. The second kappa shape index (κ2) is 17.5. The van der Waals surface area contributed by atoms with Gasteiger partial charge >= 0.3 is 0 Å². The molecule has 12 heavy (non-hydrogen) atoms. The third-order valence-electron chi connectivity index (χ3n) is 1.41. The summed E-state index contributed by atoms with van der Waals surface area (Å²) in [6, 6.07) is 0. The van der Waals surface area contributed by atoms with Crippen molar-refractivity contribution >= 4 is 8.58 Å². The molecule has 0 aliphatic rings. The first-order valence-corrected chi connectivity index (χ1v) is 6.95. The van der Waals surface area contributed by atoms with E-state index in [0.717, 1.165) is 0 Å². The molecule has 76 valence electrons. The molecule has 0 radical (unpaired) electrons. The summed E-state index contributed by atoms with van der Waals surface area (Å²) >= 11 is 0. The summed E-state index contributed by atoms with van der Waals surface area (Å²) in [5.74, 6) is 0. The molecule has 0 aliphatic carbocycles. The van der Waals surface area contributed by atoms with Crippen LogP contribution < -0.4 is 0 Å². The van der Waals surface area contributed by atoms with Crippen LogP contribution in [0.3, 0.4) is 0 Å². The van der Waals surface area contributed by atoms with E-state index in [2.05, 4.69) is 27.7 Å². The van der Waals surface area contributed by atoms with Gasteiger partial charge in [0, 0.05) is 0 Å². The predicted octanol–water partition coefficient (Wildman–Crippen LogP) is 4.68. The van der Waals surface area contributed by atoms with Gasteiger partial charge in [0.2, 0.25) is 0 Å². The number of unbranched alkanes of at least 4 members (excludes halogenated alkanes) is 2. The third kappa shape index (κ3) is 22.4. The SMILES string of the molecule is CCC.CCCCPCCCC. The van der Waals surface area contributed by atoms with E-state index in [1.54, 1.807) is 0 Å². The zero-order valence-electron chi connectivity index (χ0n) is 9.45. The molecule has 0 unspecified atom stereocenters. The minimum atomic E-state index is 1.25. The molecule has 0 bridgehead atoms. The lowest BCUT2D eigenvalue weighted by molar-refractivity contribution is 0.874. The molecule has 0 saturated heterocycles. The van der Waals surface area contributed by atoms with Crippen LogP contribution in [0.4, 0.5) is 0 Å². The topological polar surface area (TPSA) is 0 Å². The molecule has 0 fully saturated rings. The van der Waals surface area contributed by atoms with Crippen molar-refractivity contribution in [1.29, 1.82) is 0 Å². The van der Waals surface area contributed by atoms with Crippen LogP contribution in [-0.2, 0) is 0 Å². The second-order valence-electron chi connectivity index (χ2n) is 3.16. The van der Waals surface area contributed by atoms with Crippen LogP contribution in [0.25, 0.3) is 0 Å². The van der Waals surface area contributed by atoms with Gasteiger partial charge in [-0.1, -0.05) is 47.0 Å². The van der Waals surface area contributed by atoms with Crippen molar-refractivity contribution in [2.24, 2.45) is 0 Å². The molecule has 0 aliphatic heterocycles. The Labute approximate surface area is 81.3 Å². The van der Waals surface area contributed by atoms with Gasteiger partial charge in [-0.3, -0.25) is 0 Å². The Morgan fingerprint density at radius 2 is 1.08 bits per heavy atom. The summed E-state index contributed by atoms with van der Waals surface area (Å²) < 4.78 is 0. The van der Waals surface area contributed by atoms with Crippen molar-refractivity contribution in [3.8, 4) is 0 Å². The maximum Gasteiger partial charge on any atom is -0.0354 e. The molecule has 0 heterocycles. The van der Waals surface area contributed by atoms with Gasteiger partial charge in [0.1, 0.15) is 0 Å². The van der Waals surface area contributed by atoms with Gasteiger partial charge in [0.15, 0.2) is 0 Å². The average molecular weight is 190 g/mol. The van der Waals surface area contributed by atoms with Crippen molar-refractivity contribution in [2.75, 3.05) is 12.3 Å². The number of hydrogen-bond acceptors (Lipinski definition) is 0. The molecule has 0 aromatic carbocycles. The Bertz CT molecular complexity index is 47.0. The van der Waals surface area contributed by atoms with E-state index in [9.17, 15) is 0 Å².